The Balaban J connectivity index is 1.40. The average Bonchev–Trinajstić information content (AvgIpc) is 3.21. The van der Waals surface area contributed by atoms with Crippen LogP contribution in [0.25, 0.3) is 21.9 Å². The topological polar surface area (TPSA) is 43.2 Å². The lowest BCUT2D eigenvalue weighted by molar-refractivity contribution is 0.173. The van der Waals surface area contributed by atoms with Crippen molar-refractivity contribution in [1.29, 1.82) is 0 Å². The van der Waals surface area contributed by atoms with Crippen molar-refractivity contribution in [2.75, 3.05) is 18.0 Å². The Morgan fingerprint density at radius 3 is 2.52 bits per heavy atom. The van der Waals surface area contributed by atoms with Gasteiger partial charge in [0.05, 0.1) is 12.5 Å². The molecule has 1 saturated heterocycles. The summed E-state index contributed by atoms with van der Waals surface area (Å²) in [5.41, 5.74) is 2.37. The van der Waals surface area contributed by atoms with Gasteiger partial charge < -0.3 is 14.2 Å². The molecule has 3 heterocycles. The first-order valence-electron chi connectivity index (χ1n) is 10.1. The summed E-state index contributed by atoms with van der Waals surface area (Å²) in [5.74, 6) is 2.10. The zero-order chi connectivity index (χ0) is 19.6. The van der Waals surface area contributed by atoms with Gasteiger partial charge in [0.25, 0.3) is 0 Å². The number of piperidine rings is 1. The molecule has 2 aromatic heterocycles. The molecular formula is C24H24N4O. The molecule has 2 aromatic carbocycles. The SMILES string of the molecule is Cn1cncc1N1CCC(Oc2cc(-c3ccccc3)cc3ccncc23)CC1. The van der Waals surface area contributed by atoms with E-state index in [-0.39, 0.29) is 6.10 Å². The summed E-state index contributed by atoms with van der Waals surface area (Å²) in [6.45, 7) is 1.94. The molecule has 5 rings (SSSR count). The molecule has 0 unspecified atom stereocenters. The van der Waals surface area contributed by atoms with Gasteiger partial charge >= 0.3 is 0 Å². The van der Waals surface area contributed by atoms with Crippen molar-refractivity contribution in [3.63, 3.8) is 0 Å². The Bertz CT molecular complexity index is 1110. The Labute approximate surface area is 170 Å². The Hall–Kier alpha value is -3.34. The quantitative estimate of drug-likeness (QED) is 0.512. The summed E-state index contributed by atoms with van der Waals surface area (Å²) < 4.78 is 8.61. The molecule has 0 radical (unpaired) electrons. The highest BCUT2D eigenvalue weighted by Gasteiger charge is 2.23. The third-order valence-electron chi connectivity index (χ3n) is 5.68. The molecular weight excluding hydrogens is 360 g/mol. The largest absolute Gasteiger partial charge is 0.490 e. The lowest BCUT2D eigenvalue weighted by Crippen LogP contribution is -2.39. The van der Waals surface area contributed by atoms with Gasteiger partial charge in [-0.05, 0) is 34.7 Å². The monoisotopic (exact) mass is 384 g/mol. The van der Waals surface area contributed by atoms with Crippen molar-refractivity contribution in [3.8, 4) is 16.9 Å². The molecule has 146 valence electrons. The predicted molar refractivity (Wildman–Crippen MR) is 116 cm³/mol. The maximum atomic E-state index is 6.54. The van der Waals surface area contributed by atoms with Crippen molar-refractivity contribution in [1.82, 2.24) is 14.5 Å². The van der Waals surface area contributed by atoms with Gasteiger partial charge in [-0.1, -0.05) is 30.3 Å². The molecule has 0 amide bonds. The Kier molecular flexibility index (Phi) is 4.64. The van der Waals surface area contributed by atoms with E-state index >= 15 is 0 Å². The van der Waals surface area contributed by atoms with Gasteiger partial charge in [-0.3, -0.25) is 4.98 Å². The fourth-order valence-corrected chi connectivity index (χ4v) is 4.10. The Morgan fingerprint density at radius 1 is 0.931 bits per heavy atom. The number of imidazole rings is 1. The minimum Gasteiger partial charge on any atom is -0.490 e. The number of aromatic nitrogens is 3. The van der Waals surface area contributed by atoms with E-state index in [4.69, 9.17) is 4.74 Å². The smallest absolute Gasteiger partial charge is 0.129 e. The van der Waals surface area contributed by atoms with E-state index in [1.807, 2.05) is 38.0 Å². The summed E-state index contributed by atoms with van der Waals surface area (Å²) in [5, 5.41) is 2.23. The van der Waals surface area contributed by atoms with Crippen LogP contribution in [-0.2, 0) is 7.05 Å². The van der Waals surface area contributed by atoms with Crippen molar-refractivity contribution in [2.45, 2.75) is 18.9 Å². The van der Waals surface area contributed by atoms with Crippen LogP contribution in [0.4, 0.5) is 5.82 Å². The lowest BCUT2D eigenvalue weighted by atomic mass is 10.0. The first-order chi connectivity index (χ1) is 14.3. The highest BCUT2D eigenvalue weighted by Crippen LogP contribution is 2.34. The molecule has 1 aliphatic heterocycles. The minimum atomic E-state index is 0.203. The van der Waals surface area contributed by atoms with Crippen molar-refractivity contribution in [2.24, 2.45) is 7.05 Å². The third-order valence-corrected chi connectivity index (χ3v) is 5.68. The number of anilines is 1. The molecule has 0 N–H and O–H groups in total. The summed E-state index contributed by atoms with van der Waals surface area (Å²) in [7, 11) is 2.04. The van der Waals surface area contributed by atoms with Gasteiger partial charge in [-0.2, -0.15) is 0 Å². The normalized spacial score (nSPS) is 15.0. The molecule has 29 heavy (non-hydrogen) atoms. The van der Waals surface area contributed by atoms with Gasteiger partial charge in [-0.15, -0.1) is 0 Å². The van der Waals surface area contributed by atoms with Crippen LogP contribution in [0.5, 0.6) is 5.75 Å². The maximum absolute atomic E-state index is 6.54. The van der Waals surface area contributed by atoms with Crippen LogP contribution in [0.3, 0.4) is 0 Å². The lowest BCUT2D eigenvalue weighted by Gasteiger charge is -2.33. The summed E-state index contributed by atoms with van der Waals surface area (Å²) in [6, 6.07) is 16.9. The molecule has 0 spiro atoms. The standard InChI is InChI=1S/C24H24N4O/c1-27-17-26-16-24(27)28-11-8-21(9-12-28)29-23-14-20(18-5-3-2-4-6-18)13-19-7-10-25-15-22(19)23/h2-7,10,13-17,21H,8-9,11-12H2,1H3. The number of fused-ring (bicyclic) bond motifs is 1. The van der Waals surface area contributed by atoms with Gasteiger partial charge in [0.15, 0.2) is 0 Å². The van der Waals surface area contributed by atoms with Gasteiger partial charge in [0.2, 0.25) is 0 Å². The second-order valence-electron chi connectivity index (χ2n) is 7.60. The molecule has 0 saturated carbocycles. The van der Waals surface area contributed by atoms with E-state index in [0.29, 0.717) is 0 Å². The van der Waals surface area contributed by atoms with E-state index in [9.17, 15) is 0 Å². The molecule has 0 aliphatic carbocycles. The van der Waals surface area contributed by atoms with Crippen LogP contribution in [0.15, 0.2) is 73.4 Å². The molecule has 5 nitrogen and oxygen atoms in total. The van der Waals surface area contributed by atoms with Crippen LogP contribution in [0.2, 0.25) is 0 Å². The maximum Gasteiger partial charge on any atom is 0.129 e. The van der Waals surface area contributed by atoms with E-state index in [1.165, 1.54) is 16.9 Å². The number of benzene rings is 2. The second-order valence-corrected chi connectivity index (χ2v) is 7.60. The van der Waals surface area contributed by atoms with Crippen molar-refractivity contribution in [3.05, 3.63) is 73.4 Å². The highest BCUT2D eigenvalue weighted by atomic mass is 16.5. The number of nitrogens with zero attached hydrogens (tertiary/aromatic N) is 4. The fraction of sp³-hybridized carbons (Fsp3) is 0.250. The number of ether oxygens (including phenoxy) is 1. The summed E-state index contributed by atoms with van der Waals surface area (Å²) in [4.78, 5) is 10.9. The molecule has 0 bridgehead atoms. The van der Waals surface area contributed by atoms with Crippen molar-refractivity contribution < 1.29 is 4.74 Å². The van der Waals surface area contributed by atoms with E-state index < -0.39 is 0 Å². The molecule has 5 heteroatoms. The van der Waals surface area contributed by atoms with Gasteiger partial charge in [0, 0.05) is 50.8 Å². The fourth-order valence-electron chi connectivity index (χ4n) is 4.10. The van der Waals surface area contributed by atoms with E-state index in [1.54, 1.807) is 0 Å². The van der Waals surface area contributed by atoms with E-state index in [0.717, 1.165) is 42.5 Å². The summed E-state index contributed by atoms with van der Waals surface area (Å²) >= 11 is 0. The van der Waals surface area contributed by atoms with Crippen LogP contribution in [-0.4, -0.2) is 33.7 Å². The first kappa shape index (κ1) is 17.7. The summed E-state index contributed by atoms with van der Waals surface area (Å²) in [6.07, 6.45) is 9.71. The number of aryl methyl sites for hydroxylation is 1. The predicted octanol–water partition coefficient (Wildman–Crippen LogP) is 4.68. The average molecular weight is 384 g/mol. The molecule has 1 fully saturated rings. The zero-order valence-corrected chi connectivity index (χ0v) is 16.5. The zero-order valence-electron chi connectivity index (χ0n) is 16.5. The highest BCUT2D eigenvalue weighted by molar-refractivity contribution is 5.92. The number of pyridine rings is 1. The second kappa shape index (κ2) is 7.59. The van der Waals surface area contributed by atoms with E-state index in [2.05, 4.69) is 61.9 Å². The molecule has 4 aromatic rings. The van der Waals surface area contributed by atoms with Gasteiger partial charge in [0.1, 0.15) is 17.7 Å². The molecule has 0 atom stereocenters. The van der Waals surface area contributed by atoms with Crippen LogP contribution in [0.1, 0.15) is 12.8 Å². The minimum absolute atomic E-state index is 0.203. The number of hydrogen-bond donors (Lipinski definition) is 0. The first-order valence-corrected chi connectivity index (χ1v) is 10.1. The Morgan fingerprint density at radius 2 is 1.76 bits per heavy atom. The number of hydrogen-bond acceptors (Lipinski definition) is 4. The van der Waals surface area contributed by atoms with Crippen LogP contribution >= 0.6 is 0 Å². The van der Waals surface area contributed by atoms with Crippen molar-refractivity contribution >= 4 is 16.6 Å². The van der Waals surface area contributed by atoms with Crippen LogP contribution < -0.4 is 9.64 Å². The molecule has 1 aliphatic rings. The number of rotatable bonds is 4. The van der Waals surface area contributed by atoms with Gasteiger partial charge in [-0.25, -0.2) is 4.98 Å². The third kappa shape index (κ3) is 3.56. The van der Waals surface area contributed by atoms with Crippen LogP contribution in [0, 0.1) is 0 Å².